The zero-order chi connectivity index (χ0) is 14.6. The van der Waals surface area contributed by atoms with Crippen LogP contribution in [0.4, 0.5) is 5.69 Å². The van der Waals surface area contributed by atoms with Gasteiger partial charge in [0.15, 0.2) is 9.84 Å². The second-order valence-corrected chi connectivity index (χ2v) is 6.60. The number of hydrogen-bond donors (Lipinski definition) is 1. The van der Waals surface area contributed by atoms with Crippen molar-refractivity contribution in [1.29, 1.82) is 0 Å². The zero-order valence-electron chi connectivity index (χ0n) is 11.2. The van der Waals surface area contributed by atoms with Gasteiger partial charge in [0, 0.05) is 5.69 Å². The summed E-state index contributed by atoms with van der Waals surface area (Å²) in [5, 5.41) is 0. The Morgan fingerprint density at radius 2 is 1.60 bits per heavy atom. The fraction of sp³-hybridized carbons (Fsp3) is 0.200. The number of rotatable bonds is 5. The van der Waals surface area contributed by atoms with Crippen molar-refractivity contribution in [3.63, 3.8) is 0 Å². The van der Waals surface area contributed by atoms with Gasteiger partial charge in [-0.25, -0.2) is 8.42 Å². The maximum Gasteiger partial charge on any atom is 0.178 e. The molecule has 0 unspecified atom stereocenters. The molecule has 106 valence electrons. The van der Waals surface area contributed by atoms with Gasteiger partial charge in [0.25, 0.3) is 0 Å². The number of benzene rings is 2. The molecule has 0 amide bonds. The summed E-state index contributed by atoms with van der Waals surface area (Å²) < 4.78 is 29.4. The van der Waals surface area contributed by atoms with Gasteiger partial charge in [-0.2, -0.15) is 0 Å². The van der Waals surface area contributed by atoms with Gasteiger partial charge in [0.2, 0.25) is 0 Å². The van der Waals surface area contributed by atoms with Crippen molar-refractivity contribution in [2.45, 2.75) is 11.3 Å². The van der Waals surface area contributed by atoms with E-state index in [0.29, 0.717) is 22.8 Å². The standard InChI is InChI=1S/C15H17NO3S/c1-19-14-6-8-15(9-7-14)20(17,18)11-10-12-2-4-13(16)5-3-12/h2-9H,10-11,16H2,1H3. The summed E-state index contributed by atoms with van der Waals surface area (Å²) in [7, 11) is -1.73. The van der Waals surface area contributed by atoms with E-state index < -0.39 is 9.84 Å². The third-order valence-electron chi connectivity index (χ3n) is 3.06. The first kappa shape index (κ1) is 14.4. The van der Waals surface area contributed by atoms with Gasteiger partial charge in [0.1, 0.15) is 5.75 Å². The van der Waals surface area contributed by atoms with E-state index in [4.69, 9.17) is 10.5 Å². The van der Waals surface area contributed by atoms with Crippen LogP contribution < -0.4 is 10.5 Å². The molecule has 0 saturated heterocycles. The Morgan fingerprint density at radius 3 is 2.15 bits per heavy atom. The first-order valence-corrected chi connectivity index (χ1v) is 7.88. The van der Waals surface area contributed by atoms with Crippen molar-refractivity contribution in [2.24, 2.45) is 0 Å². The van der Waals surface area contributed by atoms with E-state index in [1.165, 1.54) is 0 Å². The summed E-state index contributed by atoms with van der Waals surface area (Å²) >= 11 is 0. The highest BCUT2D eigenvalue weighted by atomic mass is 32.2. The lowest BCUT2D eigenvalue weighted by molar-refractivity contribution is 0.414. The van der Waals surface area contributed by atoms with Crippen LogP contribution in [0, 0.1) is 0 Å². The molecular weight excluding hydrogens is 274 g/mol. The van der Waals surface area contributed by atoms with Crippen molar-refractivity contribution in [2.75, 3.05) is 18.6 Å². The SMILES string of the molecule is COc1ccc(S(=O)(=O)CCc2ccc(N)cc2)cc1. The van der Waals surface area contributed by atoms with E-state index in [9.17, 15) is 8.42 Å². The molecule has 0 aliphatic heterocycles. The van der Waals surface area contributed by atoms with Crippen molar-refractivity contribution >= 4 is 15.5 Å². The fourth-order valence-corrected chi connectivity index (χ4v) is 3.13. The Hall–Kier alpha value is -2.01. The van der Waals surface area contributed by atoms with Crippen LogP contribution in [0.25, 0.3) is 0 Å². The summed E-state index contributed by atoms with van der Waals surface area (Å²) in [6.45, 7) is 0. The van der Waals surface area contributed by atoms with E-state index >= 15 is 0 Å². The number of anilines is 1. The molecule has 0 bridgehead atoms. The molecule has 4 nitrogen and oxygen atoms in total. The summed E-state index contributed by atoms with van der Waals surface area (Å²) in [5.41, 5.74) is 7.22. The lowest BCUT2D eigenvalue weighted by Crippen LogP contribution is -2.09. The van der Waals surface area contributed by atoms with Gasteiger partial charge in [-0.1, -0.05) is 12.1 Å². The molecule has 0 heterocycles. The second kappa shape index (κ2) is 5.96. The first-order valence-electron chi connectivity index (χ1n) is 6.22. The molecule has 20 heavy (non-hydrogen) atoms. The quantitative estimate of drug-likeness (QED) is 0.858. The van der Waals surface area contributed by atoms with Crippen LogP contribution in [0.1, 0.15) is 5.56 Å². The molecule has 0 spiro atoms. The minimum absolute atomic E-state index is 0.0727. The van der Waals surface area contributed by atoms with E-state index in [-0.39, 0.29) is 5.75 Å². The summed E-state index contributed by atoms with van der Waals surface area (Å²) in [6, 6.07) is 13.7. The number of ether oxygens (including phenoxy) is 1. The Morgan fingerprint density at radius 1 is 1.00 bits per heavy atom. The van der Waals surface area contributed by atoms with E-state index in [1.54, 1.807) is 43.5 Å². The van der Waals surface area contributed by atoms with Gasteiger partial charge >= 0.3 is 0 Å². The summed E-state index contributed by atoms with van der Waals surface area (Å²) in [5.74, 6) is 0.714. The lowest BCUT2D eigenvalue weighted by atomic mass is 10.2. The van der Waals surface area contributed by atoms with Crippen molar-refractivity contribution in [3.8, 4) is 5.75 Å². The Bertz CT molecular complexity index is 661. The molecule has 2 aromatic rings. The van der Waals surface area contributed by atoms with E-state index in [0.717, 1.165) is 5.56 Å². The number of methoxy groups -OCH3 is 1. The smallest absolute Gasteiger partial charge is 0.178 e. The van der Waals surface area contributed by atoms with E-state index in [2.05, 4.69) is 0 Å². The average Bonchev–Trinajstić information content (AvgIpc) is 2.47. The highest BCUT2D eigenvalue weighted by Crippen LogP contribution is 2.18. The molecule has 2 rings (SSSR count). The van der Waals surface area contributed by atoms with Gasteiger partial charge < -0.3 is 10.5 Å². The fourth-order valence-electron chi connectivity index (χ4n) is 1.84. The predicted octanol–water partition coefficient (Wildman–Crippen LogP) is 2.29. The third kappa shape index (κ3) is 3.51. The van der Waals surface area contributed by atoms with Gasteiger partial charge in [-0.15, -0.1) is 0 Å². The van der Waals surface area contributed by atoms with Crippen LogP contribution in [0.2, 0.25) is 0 Å². The van der Waals surface area contributed by atoms with Crippen molar-refractivity contribution < 1.29 is 13.2 Å². The number of sulfone groups is 1. The van der Waals surface area contributed by atoms with Crippen molar-refractivity contribution in [1.82, 2.24) is 0 Å². The predicted molar refractivity (Wildman–Crippen MR) is 79.6 cm³/mol. The highest BCUT2D eigenvalue weighted by Gasteiger charge is 2.14. The molecule has 5 heteroatoms. The Kier molecular flexibility index (Phi) is 4.29. The largest absolute Gasteiger partial charge is 0.497 e. The molecule has 0 aliphatic carbocycles. The Labute approximate surface area is 119 Å². The first-order chi connectivity index (χ1) is 9.51. The monoisotopic (exact) mass is 291 g/mol. The van der Waals surface area contributed by atoms with Crippen LogP contribution in [0.5, 0.6) is 5.75 Å². The number of aryl methyl sites for hydroxylation is 1. The number of hydrogen-bond acceptors (Lipinski definition) is 4. The van der Waals surface area contributed by atoms with Crippen LogP contribution in [0.3, 0.4) is 0 Å². The second-order valence-electron chi connectivity index (χ2n) is 4.49. The number of nitrogen functional groups attached to an aromatic ring is 1. The van der Waals surface area contributed by atoms with Gasteiger partial charge in [0.05, 0.1) is 17.8 Å². The normalized spacial score (nSPS) is 11.2. The number of nitrogens with two attached hydrogens (primary N) is 1. The molecule has 0 saturated carbocycles. The highest BCUT2D eigenvalue weighted by molar-refractivity contribution is 7.91. The summed E-state index contributed by atoms with van der Waals surface area (Å²) in [4.78, 5) is 0.314. The zero-order valence-corrected chi connectivity index (χ0v) is 12.1. The van der Waals surface area contributed by atoms with Gasteiger partial charge in [-0.05, 0) is 48.4 Å². The summed E-state index contributed by atoms with van der Waals surface area (Å²) in [6.07, 6.45) is 0.467. The maximum atomic E-state index is 12.2. The molecule has 0 aromatic heterocycles. The molecule has 0 aliphatic rings. The molecule has 2 N–H and O–H groups in total. The van der Waals surface area contributed by atoms with Crippen LogP contribution in [-0.4, -0.2) is 21.3 Å². The van der Waals surface area contributed by atoms with Crippen LogP contribution in [-0.2, 0) is 16.3 Å². The third-order valence-corrected chi connectivity index (χ3v) is 4.79. The molecule has 0 atom stereocenters. The molecule has 0 radical (unpaired) electrons. The molecule has 2 aromatic carbocycles. The van der Waals surface area contributed by atoms with Crippen LogP contribution >= 0.6 is 0 Å². The lowest BCUT2D eigenvalue weighted by Gasteiger charge is -2.06. The molecule has 0 fully saturated rings. The minimum Gasteiger partial charge on any atom is -0.497 e. The minimum atomic E-state index is -3.28. The maximum absolute atomic E-state index is 12.2. The topological polar surface area (TPSA) is 69.4 Å². The Balaban J connectivity index is 2.08. The van der Waals surface area contributed by atoms with Crippen molar-refractivity contribution in [3.05, 3.63) is 54.1 Å². The van der Waals surface area contributed by atoms with Crippen LogP contribution in [0.15, 0.2) is 53.4 Å². The van der Waals surface area contributed by atoms with E-state index in [1.807, 2.05) is 12.1 Å². The molecular formula is C15H17NO3S. The van der Waals surface area contributed by atoms with Gasteiger partial charge in [-0.3, -0.25) is 0 Å². The average molecular weight is 291 g/mol.